The molecule has 20 heavy (non-hydrogen) atoms. The van der Waals surface area contributed by atoms with Gasteiger partial charge in [-0.05, 0) is 18.2 Å². The zero-order valence-corrected chi connectivity index (χ0v) is 10.4. The lowest BCUT2D eigenvalue weighted by Crippen LogP contribution is -2.03. The van der Waals surface area contributed by atoms with Crippen LogP contribution in [0.2, 0.25) is 0 Å². The molecule has 0 saturated heterocycles. The molecular weight excluding hydrogens is 291 g/mol. The van der Waals surface area contributed by atoms with Crippen LogP contribution in [0.15, 0.2) is 18.2 Å². The van der Waals surface area contributed by atoms with Crippen molar-refractivity contribution in [2.24, 2.45) is 0 Å². The van der Waals surface area contributed by atoms with Crippen LogP contribution >= 0.6 is 11.3 Å². The van der Waals surface area contributed by atoms with Crippen LogP contribution in [0.1, 0.15) is 11.3 Å². The van der Waals surface area contributed by atoms with Crippen molar-refractivity contribution in [1.29, 1.82) is 5.26 Å². The minimum atomic E-state index is -4.40. The summed E-state index contributed by atoms with van der Waals surface area (Å²) in [5, 5.41) is 18.9. The first-order chi connectivity index (χ1) is 9.49. The van der Waals surface area contributed by atoms with Gasteiger partial charge in [-0.3, -0.25) is 0 Å². The number of nitrogens with zero attached hydrogens (tertiary/aromatic N) is 4. The van der Waals surface area contributed by atoms with Gasteiger partial charge >= 0.3 is 6.18 Å². The Labute approximate surface area is 113 Å². The molecule has 3 aromatic rings. The van der Waals surface area contributed by atoms with Gasteiger partial charge in [-0.25, -0.2) is 4.98 Å². The molecule has 0 amide bonds. The molecule has 0 atom stereocenters. The standard InChI is InChI=1S/C11H4F3N5S/c12-11(13,14)5-1-2-6-8(3-5)20-10(16-6)9-7(4-15)17-19-18-9/h1-3H,(H,17,18,19). The number of hydrogen-bond acceptors (Lipinski definition) is 5. The molecule has 0 unspecified atom stereocenters. The second kappa shape index (κ2) is 4.28. The number of alkyl halides is 3. The first kappa shape index (κ1) is 12.6. The molecule has 0 aliphatic heterocycles. The summed E-state index contributed by atoms with van der Waals surface area (Å²) in [5.41, 5.74) is -0.0203. The topological polar surface area (TPSA) is 78.2 Å². The van der Waals surface area contributed by atoms with Crippen LogP contribution in [0.25, 0.3) is 20.9 Å². The normalized spacial score (nSPS) is 11.7. The second-order valence-corrected chi connectivity index (χ2v) is 4.86. The summed E-state index contributed by atoms with van der Waals surface area (Å²) in [4.78, 5) is 4.16. The number of H-pyrrole nitrogens is 1. The van der Waals surface area contributed by atoms with Crippen LogP contribution < -0.4 is 0 Å². The molecule has 0 aliphatic rings. The van der Waals surface area contributed by atoms with Crippen LogP contribution in [0.3, 0.4) is 0 Å². The second-order valence-electron chi connectivity index (χ2n) is 3.83. The lowest BCUT2D eigenvalue weighted by molar-refractivity contribution is -0.137. The largest absolute Gasteiger partial charge is 0.416 e. The Bertz CT molecular complexity index is 827. The van der Waals surface area contributed by atoms with E-state index in [1.807, 2.05) is 6.07 Å². The summed E-state index contributed by atoms with van der Waals surface area (Å²) in [6.45, 7) is 0. The van der Waals surface area contributed by atoms with Gasteiger partial charge in [0.05, 0.1) is 15.8 Å². The van der Waals surface area contributed by atoms with Gasteiger partial charge in [0.15, 0.2) is 11.4 Å². The summed E-state index contributed by atoms with van der Waals surface area (Å²) >= 11 is 1.03. The lowest BCUT2D eigenvalue weighted by Gasteiger charge is -2.04. The summed E-state index contributed by atoms with van der Waals surface area (Å²) in [5.74, 6) is 0. The Hall–Kier alpha value is -2.47. The molecule has 0 radical (unpaired) electrons. The fourth-order valence-electron chi connectivity index (χ4n) is 1.66. The van der Waals surface area contributed by atoms with Gasteiger partial charge in [0, 0.05) is 0 Å². The molecule has 0 saturated carbocycles. The Morgan fingerprint density at radius 2 is 2.05 bits per heavy atom. The number of aromatic nitrogens is 4. The highest BCUT2D eigenvalue weighted by molar-refractivity contribution is 7.21. The highest BCUT2D eigenvalue weighted by atomic mass is 32.1. The van der Waals surface area contributed by atoms with E-state index in [9.17, 15) is 13.2 Å². The van der Waals surface area contributed by atoms with Crippen molar-refractivity contribution in [2.75, 3.05) is 0 Å². The Morgan fingerprint density at radius 1 is 1.25 bits per heavy atom. The van der Waals surface area contributed by atoms with Gasteiger partial charge in [-0.1, -0.05) is 0 Å². The zero-order chi connectivity index (χ0) is 14.3. The molecule has 0 fully saturated rings. The van der Waals surface area contributed by atoms with Gasteiger partial charge in [0.2, 0.25) is 0 Å². The molecular formula is C11H4F3N5S. The van der Waals surface area contributed by atoms with E-state index in [2.05, 4.69) is 20.4 Å². The number of nitrogens with one attached hydrogen (secondary N) is 1. The van der Waals surface area contributed by atoms with E-state index in [1.54, 1.807) is 0 Å². The maximum Gasteiger partial charge on any atom is 0.416 e. The number of hydrogen-bond donors (Lipinski definition) is 1. The number of thiazole rings is 1. The number of halogens is 3. The average molecular weight is 295 g/mol. The number of benzene rings is 1. The fraction of sp³-hybridized carbons (Fsp3) is 0.0909. The maximum absolute atomic E-state index is 12.6. The SMILES string of the molecule is N#Cc1n[nH]nc1-c1nc2ccc(C(F)(F)F)cc2s1. The monoisotopic (exact) mass is 295 g/mol. The van der Waals surface area contributed by atoms with Crippen LogP contribution in [0.4, 0.5) is 13.2 Å². The number of fused-ring (bicyclic) bond motifs is 1. The smallest absolute Gasteiger partial charge is 0.234 e. The van der Waals surface area contributed by atoms with Crippen LogP contribution in [-0.4, -0.2) is 20.4 Å². The number of rotatable bonds is 1. The third-order valence-corrected chi connectivity index (χ3v) is 3.60. The predicted molar refractivity (Wildman–Crippen MR) is 64.7 cm³/mol. The Kier molecular flexibility index (Phi) is 2.69. The molecule has 1 aromatic carbocycles. The first-order valence-corrected chi connectivity index (χ1v) is 6.09. The van der Waals surface area contributed by atoms with E-state index in [0.29, 0.717) is 15.2 Å². The van der Waals surface area contributed by atoms with Crippen molar-refractivity contribution >= 4 is 21.6 Å². The highest BCUT2D eigenvalue weighted by Gasteiger charge is 2.30. The predicted octanol–water partition coefficient (Wildman–Crippen LogP) is 2.97. The lowest BCUT2D eigenvalue weighted by atomic mass is 10.2. The van der Waals surface area contributed by atoms with Gasteiger partial charge in [-0.2, -0.15) is 28.7 Å². The third-order valence-electron chi connectivity index (χ3n) is 2.57. The van der Waals surface area contributed by atoms with Crippen molar-refractivity contribution in [3.05, 3.63) is 29.5 Å². The molecule has 3 rings (SSSR count). The van der Waals surface area contributed by atoms with E-state index < -0.39 is 11.7 Å². The van der Waals surface area contributed by atoms with Crippen LogP contribution in [-0.2, 0) is 6.18 Å². The van der Waals surface area contributed by atoms with Crippen molar-refractivity contribution in [2.45, 2.75) is 6.18 Å². The van der Waals surface area contributed by atoms with Gasteiger partial charge < -0.3 is 0 Å². The van der Waals surface area contributed by atoms with Crippen molar-refractivity contribution in [3.63, 3.8) is 0 Å². The molecule has 5 nitrogen and oxygen atoms in total. The summed E-state index contributed by atoms with van der Waals surface area (Å²) in [7, 11) is 0. The molecule has 2 aromatic heterocycles. The summed E-state index contributed by atoms with van der Waals surface area (Å²) in [6.07, 6.45) is -4.40. The quantitative estimate of drug-likeness (QED) is 0.748. The molecule has 100 valence electrons. The fourth-order valence-corrected chi connectivity index (χ4v) is 2.66. The van der Waals surface area contributed by atoms with Gasteiger partial charge in [0.25, 0.3) is 0 Å². The molecule has 1 N–H and O–H groups in total. The zero-order valence-electron chi connectivity index (χ0n) is 9.56. The van der Waals surface area contributed by atoms with Crippen LogP contribution in [0, 0.1) is 11.3 Å². The number of nitriles is 1. The van der Waals surface area contributed by atoms with E-state index in [4.69, 9.17) is 5.26 Å². The third kappa shape index (κ3) is 2.00. The molecule has 0 spiro atoms. The number of aromatic amines is 1. The molecule has 0 aliphatic carbocycles. The maximum atomic E-state index is 12.6. The summed E-state index contributed by atoms with van der Waals surface area (Å²) < 4.78 is 38.3. The molecule has 2 heterocycles. The Balaban J connectivity index is 2.15. The van der Waals surface area contributed by atoms with E-state index in [0.717, 1.165) is 23.5 Å². The highest BCUT2D eigenvalue weighted by Crippen LogP contribution is 2.35. The summed E-state index contributed by atoms with van der Waals surface area (Å²) in [6, 6.07) is 5.13. The van der Waals surface area contributed by atoms with Gasteiger partial charge in [-0.15, -0.1) is 16.4 Å². The van der Waals surface area contributed by atoms with Crippen molar-refractivity contribution < 1.29 is 13.2 Å². The van der Waals surface area contributed by atoms with Crippen molar-refractivity contribution in [1.82, 2.24) is 20.4 Å². The minimum absolute atomic E-state index is 0.0556. The first-order valence-electron chi connectivity index (χ1n) is 5.28. The van der Waals surface area contributed by atoms with Crippen LogP contribution in [0.5, 0.6) is 0 Å². The Morgan fingerprint density at radius 3 is 2.75 bits per heavy atom. The molecule has 9 heteroatoms. The molecule has 0 bridgehead atoms. The van der Waals surface area contributed by atoms with E-state index >= 15 is 0 Å². The average Bonchev–Trinajstić information content (AvgIpc) is 3.02. The minimum Gasteiger partial charge on any atom is -0.234 e. The van der Waals surface area contributed by atoms with E-state index in [1.165, 1.54) is 6.07 Å². The van der Waals surface area contributed by atoms with E-state index in [-0.39, 0.29) is 11.4 Å². The van der Waals surface area contributed by atoms with Crippen molar-refractivity contribution in [3.8, 4) is 16.8 Å². The van der Waals surface area contributed by atoms with Gasteiger partial charge in [0.1, 0.15) is 11.1 Å².